The van der Waals surface area contributed by atoms with Crippen LogP contribution in [0.2, 0.25) is 0 Å². The molecule has 2 aromatic heterocycles. The van der Waals surface area contributed by atoms with Crippen LogP contribution in [0.5, 0.6) is 0 Å². The van der Waals surface area contributed by atoms with Crippen molar-refractivity contribution in [2.45, 2.75) is 27.7 Å². The largest absolute Gasteiger partial charge is 0.404 e. The molecule has 0 N–H and O–H groups in total. The van der Waals surface area contributed by atoms with Crippen molar-refractivity contribution < 1.29 is 0 Å². The van der Waals surface area contributed by atoms with E-state index in [1.165, 1.54) is 0 Å². The summed E-state index contributed by atoms with van der Waals surface area (Å²) in [5.74, 6) is 0. The van der Waals surface area contributed by atoms with Crippen molar-refractivity contribution in [1.82, 2.24) is 9.97 Å². The maximum Gasteiger partial charge on any atom is -0.0622 e. The molecule has 2 heterocycles. The minimum atomic E-state index is 0.816. The highest BCUT2D eigenvalue weighted by Gasteiger charge is 1.87. The van der Waals surface area contributed by atoms with Gasteiger partial charge in [-0.2, -0.15) is 11.1 Å². The molecule has 0 saturated carbocycles. The molecular formula is C12H12N2-2. The minimum absolute atomic E-state index is 0.816. The molecule has 0 aromatic carbocycles. The number of aryl methyl sites for hydroxylation is 4. The zero-order valence-electron chi connectivity index (χ0n) is 8.89. The van der Waals surface area contributed by atoms with E-state index in [1.54, 1.807) is 0 Å². The molecule has 2 nitrogen and oxygen atoms in total. The second kappa shape index (κ2) is 3.05. The number of hydrogen-bond donors (Lipinski definition) is 0. The van der Waals surface area contributed by atoms with Crippen LogP contribution in [0.15, 0.2) is 0 Å². The summed E-state index contributed by atoms with van der Waals surface area (Å²) >= 11 is 0. The lowest BCUT2D eigenvalue weighted by molar-refractivity contribution is 1.13. The number of nitrogens with zero attached hydrogens (tertiary/aromatic N) is 2. The lowest BCUT2D eigenvalue weighted by Gasteiger charge is -2.21. The van der Waals surface area contributed by atoms with Gasteiger partial charge in [0.2, 0.25) is 0 Å². The Bertz CT molecular complexity index is 412. The van der Waals surface area contributed by atoms with Crippen molar-refractivity contribution in [3.05, 3.63) is 34.6 Å². The van der Waals surface area contributed by atoms with Gasteiger partial charge in [-0.3, -0.25) is 0 Å². The molecule has 0 spiro atoms. The number of hydrogen-bond acceptors (Lipinski definition) is 2. The van der Waals surface area contributed by atoms with E-state index in [-0.39, 0.29) is 0 Å². The Balaban J connectivity index is 2.83. The van der Waals surface area contributed by atoms with Gasteiger partial charge in [0.25, 0.3) is 0 Å². The van der Waals surface area contributed by atoms with Gasteiger partial charge < -0.3 is 9.97 Å². The Morgan fingerprint density at radius 2 is 1.07 bits per heavy atom. The van der Waals surface area contributed by atoms with Crippen LogP contribution < -0.4 is 0 Å². The van der Waals surface area contributed by atoms with Crippen molar-refractivity contribution in [2.24, 2.45) is 0 Å². The van der Waals surface area contributed by atoms with E-state index in [0.717, 1.165) is 33.5 Å². The molecule has 0 radical (unpaired) electrons. The van der Waals surface area contributed by atoms with Crippen molar-refractivity contribution in [3.63, 3.8) is 0 Å². The average molecular weight is 184 g/mol. The standard InChI is InChI=1S/C12H12N2/c1-7-5-11-12(13-9(7)3)6-8(2)10(4)14-11/h1-4H3/q-2. The molecule has 0 fully saturated rings. The normalized spacial score (nSPS) is 10.9. The van der Waals surface area contributed by atoms with Gasteiger partial charge in [0.05, 0.1) is 0 Å². The monoisotopic (exact) mass is 184 g/mol. The van der Waals surface area contributed by atoms with Crippen LogP contribution in [0.25, 0.3) is 11.0 Å². The lowest BCUT2D eigenvalue weighted by atomic mass is 10.1. The van der Waals surface area contributed by atoms with Crippen molar-refractivity contribution in [2.75, 3.05) is 0 Å². The summed E-state index contributed by atoms with van der Waals surface area (Å²) in [5, 5.41) is 0. The summed E-state index contributed by atoms with van der Waals surface area (Å²) < 4.78 is 0. The SMILES string of the molecule is Cc1[c-]c2nc(C)c(C)[c-]c2nc1C. The Hall–Kier alpha value is -1.44. The zero-order valence-corrected chi connectivity index (χ0v) is 8.89. The van der Waals surface area contributed by atoms with E-state index >= 15 is 0 Å². The first kappa shape index (κ1) is 9.13. The molecule has 2 aromatic rings. The van der Waals surface area contributed by atoms with Gasteiger partial charge in [-0.1, -0.05) is 39.1 Å². The fraction of sp³-hybridized carbons (Fsp3) is 0.333. The average Bonchev–Trinajstić information content (AvgIpc) is 2.11. The molecule has 0 bridgehead atoms. The van der Waals surface area contributed by atoms with Gasteiger partial charge in [-0.15, -0.1) is 11.0 Å². The van der Waals surface area contributed by atoms with Crippen LogP contribution in [-0.4, -0.2) is 9.97 Å². The Morgan fingerprint density at radius 1 is 0.714 bits per heavy atom. The van der Waals surface area contributed by atoms with E-state index in [4.69, 9.17) is 0 Å². The lowest BCUT2D eigenvalue weighted by Crippen LogP contribution is -1.94. The fourth-order valence-corrected chi connectivity index (χ4v) is 1.32. The van der Waals surface area contributed by atoms with Gasteiger partial charge in [-0.05, 0) is 0 Å². The van der Waals surface area contributed by atoms with Crippen LogP contribution in [0.3, 0.4) is 0 Å². The summed E-state index contributed by atoms with van der Waals surface area (Å²) in [6.45, 7) is 7.96. The predicted octanol–water partition coefficient (Wildman–Crippen LogP) is 2.46. The summed E-state index contributed by atoms with van der Waals surface area (Å²) in [6.07, 6.45) is 0. The molecule has 2 heteroatoms. The topological polar surface area (TPSA) is 25.8 Å². The van der Waals surface area contributed by atoms with Crippen molar-refractivity contribution >= 4 is 11.0 Å². The Kier molecular flexibility index (Phi) is 1.99. The van der Waals surface area contributed by atoms with E-state index in [9.17, 15) is 0 Å². The van der Waals surface area contributed by atoms with Crippen LogP contribution >= 0.6 is 0 Å². The number of pyridine rings is 2. The van der Waals surface area contributed by atoms with E-state index in [0.29, 0.717) is 0 Å². The predicted molar refractivity (Wildman–Crippen MR) is 56.2 cm³/mol. The van der Waals surface area contributed by atoms with Crippen molar-refractivity contribution in [1.29, 1.82) is 0 Å². The second-order valence-electron chi connectivity index (χ2n) is 3.59. The molecule has 0 aliphatic carbocycles. The molecule has 0 unspecified atom stereocenters. The van der Waals surface area contributed by atoms with Crippen LogP contribution in [-0.2, 0) is 0 Å². The smallest absolute Gasteiger partial charge is 0.0622 e. The van der Waals surface area contributed by atoms with Gasteiger partial charge >= 0.3 is 0 Å². The van der Waals surface area contributed by atoms with Gasteiger partial charge in [0.1, 0.15) is 0 Å². The van der Waals surface area contributed by atoms with E-state index in [1.807, 2.05) is 27.7 Å². The summed E-state index contributed by atoms with van der Waals surface area (Å²) in [5.41, 5.74) is 5.74. The quantitative estimate of drug-likeness (QED) is 0.588. The maximum atomic E-state index is 4.43. The Morgan fingerprint density at radius 3 is 1.43 bits per heavy atom. The van der Waals surface area contributed by atoms with Crippen LogP contribution in [0.1, 0.15) is 22.5 Å². The second-order valence-corrected chi connectivity index (χ2v) is 3.59. The molecule has 0 saturated heterocycles. The van der Waals surface area contributed by atoms with E-state index in [2.05, 4.69) is 22.1 Å². The first-order valence-corrected chi connectivity index (χ1v) is 4.64. The highest BCUT2D eigenvalue weighted by Crippen LogP contribution is 2.15. The molecule has 0 aliphatic heterocycles. The first-order valence-electron chi connectivity index (χ1n) is 4.64. The molecule has 14 heavy (non-hydrogen) atoms. The molecule has 0 amide bonds. The summed E-state index contributed by atoms with van der Waals surface area (Å²) in [4.78, 5) is 8.86. The molecule has 2 rings (SSSR count). The maximum absolute atomic E-state index is 4.43. The Labute approximate surface area is 84.0 Å². The highest BCUT2D eigenvalue weighted by atomic mass is 14.8. The summed E-state index contributed by atoms with van der Waals surface area (Å²) in [7, 11) is 0. The zero-order chi connectivity index (χ0) is 10.3. The number of rotatable bonds is 0. The van der Waals surface area contributed by atoms with Gasteiger partial charge in [0, 0.05) is 0 Å². The number of aromatic nitrogens is 2. The third-order valence-electron chi connectivity index (χ3n) is 2.48. The van der Waals surface area contributed by atoms with Crippen LogP contribution in [0.4, 0.5) is 0 Å². The fourth-order valence-electron chi connectivity index (χ4n) is 1.32. The van der Waals surface area contributed by atoms with Crippen LogP contribution in [0, 0.1) is 39.8 Å². The van der Waals surface area contributed by atoms with E-state index < -0.39 is 0 Å². The number of fused-ring (bicyclic) bond motifs is 1. The summed E-state index contributed by atoms with van der Waals surface area (Å²) in [6, 6.07) is 6.44. The molecule has 0 aliphatic rings. The molecule has 72 valence electrons. The third-order valence-corrected chi connectivity index (χ3v) is 2.48. The minimum Gasteiger partial charge on any atom is -0.404 e. The first-order chi connectivity index (χ1) is 6.58. The highest BCUT2D eigenvalue weighted by molar-refractivity contribution is 5.74. The van der Waals surface area contributed by atoms with Gasteiger partial charge in [-0.25, -0.2) is 12.1 Å². The van der Waals surface area contributed by atoms with Crippen molar-refractivity contribution in [3.8, 4) is 0 Å². The molecule has 0 atom stereocenters. The van der Waals surface area contributed by atoms with Gasteiger partial charge in [0.15, 0.2) is 0 Å². The third kappa shape index (κ3) is 1.37. The molecular weight excluding hydrogens is 172 g/mol.